The highest BCUT2D eigenvalue weighted by molar-refractivity contribution is 7.17. The molecule has 0 atom stereocenters. The molecule has 0 unspecified atom stereocenters. The smallest absolute Gasteiger partial charge is 0.166 e. The first-order valence-electron chi connectivity index (χ1n) is 7.92. The highest BCUT2D eigenvalue weighted by atomic mass is 32.1. The van der Waals surface area contributed by atoms with Crippen molar-refractivity contribution in [3.05, 3.63) is 67.3 Å². The molecule has 0 aliphatic rings. The molecule has 0 fully saturated rings. The maximum atomic E-state index is 5.63. The van der Waals surface area contributed by atoms with Crippen molar-refractivity contribution in [2.75, 3.05) is 0 Å². The van der Waals surface area contributed by atoms with Gasteiger partial charge in [0.25, 0.3) is 0 Å². The van der Waals surface area contributed by atoms with Crippen LogP contribution in [0.1, 0.15) is 0 Å². The van der Waals surface area contributed by atoms with Gasteiger partial charge in [0.2, 0.25) is 0 Å². The quantitative estimate of drug-likeness (QED) is 0.474. The average Bonchev–Trinajstić information content (AvgIpc) is 3.38. The molecular weight excluding hydrogens is 346 g/mol. The van der Waals surface area contributed by atoms with Gasteiger partial charge in [-0.05, 0) is 36.4 Å². The summed E-state index contributed by atoms with van der Waals surface area (Å²) in [6.45, 7) is 0. The second kappa shape index (κ2) is 6.12. The van der Waals surface area contributed by atoms with Crippen molar-refractivity contribution in [2.24, 2.45) is 0 Å². The third-order valence-electron chi connectivity index (χ3n) is 3.90. The first-order chi connectivity index (χ1) is 12.9. The summed E-state index contributed by atoms with van der Waals surface area (Å²) in [7, 11) is 0. The fraction of sp³-hybridized carbons (Fsp3) is 0. The van der Waals surface area contributed by atoms with Gasteiger partial charge in [-0.15, -0.1) is 10.2 Å². The van der Waals surface area contributed by atoms with E-state index in [-0.39, 0.29) is 0 Å². The minimum Gasteiger partial charge on any atom is -0.462 e. The van der Waals surface area contributed by atoms with E-state index in [0.29, 0.717) is 11.3 Å². The zero-order valence-electron chi connectivity index (χ0n) is 13.4. The van der Waals surface area contributed by atoms with Crippen LogP contribution in [-0.4, -0.2) is 25.1 Å². The molecular formula is C19H11N5OS. The lowest BCUT2D eigenvalue weighted by atomic mass is 10.2. The largest absolute Gasteiger partial charge is 0.462 e. The molecule has 124 valence electrons. The summed E-state index contributed by atoms with van der Waals surface area (Å²) in [5.41, 5.74) is 3.84. The molecule has 0 N–H and O–H groups in total. The van der Waals surface area contributed by atoms with Crippen molar-refractivity contribution in [1.29, 1.82) is 0 Å². The number of hydrogen-bond acceptors (Lipinski definition) is 7. The monoisotopic (exact) mass is 357 g/mol. The first-order valence-corrected chi connectivity index (χ1v) is 8.74. The molecule has 0 aliphatic carbocycles. The molecule has 0 bridgehead atoms. The molecule has 0 saturated carbocycles. The Hall–Kier alpha value is -3.45. The third-order valence-corrected chi connectivity index (χ3v) is 4.89. The van der Waals surface area contributed by atoms with E-state index in [1.54, 1.807) is 24.9 Å². The van der Waals surface area contributed by atoms with Gasteiger partial charge in [0.05, 0.1) is 12.0 Å². The first kappa shape index (κ1) is 14.9. The summed E-state index contributed by atoms with van der Waals surface area (Å²) in [6.07, 6.45) is 6.91. The maximum absolute atomic E-state index is 5.63. The van der Waals surface area contributed by atoms with E-state index in [4.69, 9.17) is 9.40 Å². The van der Waals surface area contributed by atoms with Gasteiger partial charge in [-0.1, -0.05) is 17.4 Å². The zero-order chi connectivity index (χ0) is 17.3. The number of rotatable bonds is 3. The molecule has 5 rings (SSSR count). The Morgan fingerprint density at radius 3 is 2.69 bits per heavy atom. The van der Waals surface area contributed by atoms with Gasteiger partial charge in [0.1, 0.15) is 16.4 Å². The van der Waals surface area contributed by atoms with Crippen LogP contribution in [-0.2, 0) is 0 Å². The van der Waals surface area contributed by atoms with E-state index in [1.165, 1.54) is 11.3 Å². The summed E-state index contributed by atoms with van der Waals surface area (Å²) < 4.78 is 5.63. The van der Waals surface area contributed by atoms with Gasteiger partial charge in [-0.2, -0.15) is 0 Å². The van der Waals surface area contributed by atoms with E-state index in [9.17, 15) is 0 Å². The fourth-order valence-corrected chi connectivity index (χ4v) is 3.49. The summed E-state index contributed by atoms with van der Waals surface area (Å²) in [5, 5.41) is 11.1. The molecule has 0 amide bonds. The predicted octanol–water partition coefficient (Wildman–Crippen LogP) is 4.47. The molecule has 5 aromatic rings. The van der Waals surface area contributed by atoms with Crippen molar-refractivity contribution in [2.45, 2.75) is 0 Å². The minimum atomic E-state index is 0.696. The average molecular weight is 357 g/mol. The number of nitrogens with zero attached hydrogens (tertiary/aromatic N) is 5. The van der Waals surface area contributed by atoms with Crippen LogP contribution in [0.25, 0.3) is 43.6 Å². The lowest BCUT2D eigenvalue weighted by molar-refractivity contribution is 0.615. The second-order valence-corrected chi connectivity index (χ2v) is 6.54. The Bertz CT molecular complexity index is 1180. The maximum Gasteiger partial charge on any atom is 0.166 e. The molecule has 5 aromatic heterocycles. The van der Waals surface area contributed by atoms with Gasteiger partial charge in [0.15, 0.2) is 10.6 Å². The molecule has 5 heterocycles. The number of aromatic nitrogens is 5. The van der Waals surface area contributed by atoms with Crippen molar-refractivity contribution in [3.8, 4) is 32.7 Å². The number of hydrogen-bond donors (Lipinski definition) is 0. The lowest BCUT2D eigenvalue weighted by Crippen LogP contribution is -1.91. The van der Waals surface area contributed by atoms with Crippen LogP contribution in [0.4, 0.5) is 0 Å². The second-order valence-electron chi connectivity index (χ2n) is 5.56. The fourth-order valence-electron chi connectivity index (χ4n) is 2.69. The normalized spacial score (nSPS) is 11.1. The highest BCUT2D eigenvalue weighted by Crippen LogP contribution is 2.33. The molecule has 7 heteroatoms. The van der Waals surface area contributed by atoms with Crippen molar-refractivity contribution in [1.82, 2.24) is 25.1 Å². The Morgan fingerprint density at radius 1 is 0.885 bits per heavy atom. The van der Waals surface area contributed by atoms with Crippen molar-refractivity contribution >= 4 is 22.3 Å². The van der Waals surface area contributed by atoms with E-state index in [1.807, 2.05) is 42.5 Å². The van der Waals surface area contributed by atoms with Crippen LogP contribution < -0.4 is 0 Å². The van der Waals surface area contributed by atoms with Crippen LogP contribution in [0.15, 0.2) is 71.7 Å². The van der Waals surface area contributed by atoms with E-state index >= 15 is 0 Å². The highest BCUT2D eigenvalue weighted by Gasteiger charge is 2.16. The van der Waals surface area contributed by atoms with Crippen LogP contribution >= 0.6 is 11.3 Å². The Balaban J connectivity index is 1.65. The minimum absolute atomic E-state index is 0.696. The molecule has 0 spiro atoms. The number of fused-ring (bicyclic) bond motifs is 1. The van der Waals surface area contributed by atoms with Gasteiger partial charge in [-0.3, -0.25) is 9.97 Å². The summed E-state index contributed by atoms with van der Waals surface area (Å²) >= 11 is 1.48. The lowest BCUT2D eigenvalue weighted by Gasteiger charge is -2.03. The van der Waals surface area contributed by atoms with Crippen molar-refractivity contribution < 1.29 is 4.42 Å². The molecule has 0 aliphatic heterocycles. The standard InChI is InChI=1S/C19H11N5OS/c1-2-8-21-14(5-1)16-17-12(6-9-25-17)10-15(22-16)19-24-23-18(26-19)13-4-3-7-20-11-13/h1-11H. The predicted molar refractivity (Wildman–Crippen MR) is 99.4 cm³/mol. The third kappa shape index (κ3) is 2.55. The number of pyridine rings is 3. The van der Waals surface area contributed by atoms with Crippen LogP contribution in [0, 0.1) is 0 Å². The van der Waals surface area contributed by atoms with Gasteiger partial charge < -0.3 is 4.42 Å². The Kier molecular flexibility index (Phi) is 3.50. The van der Waals surface area contributed by atoms with Gasteiger partial charge >= 0.3 is 0 Å². The summed E-state index contributed by atoms with van der Waals surface area (Å²) in [6, 6.07) is 13.4. The SMILES string of the molecule is c1ccc(-c2nc(-c3nnc(-c4cccnc4)s3)cc3ccoc23)nc1. The molecule has 6 nitrogen and oxygen atoms in total. The van der Waals surface area contributed by atoms with Gasteiger partial charge in [-0.25, -0.2) is 4.98 Å². The van der Waals surface area contributed by atoms with Crippen LogP contribution in [0.3, 0.4) is 0 Å². The zero-order valence-corrected chi connectivity index (χ0v) is 14.2. The Labute approximate surface area is 152 Å². The van der Waals surface area contributed by atoms with E-state index in [2.05, 4.69) is 20.2 Å². The molecule has 0 aromatic carbocycles. The van der Waals surface area contributed by atoms with E-state index in [0.717, 1.165) is 32.4 Å². The molecule has 26 heavy (non-hydrogen) atoms. The summed E-state index contributed by atoms with van der Waals surface area (Å²) in [5.74, 6) is 0. The number of furan rings is 1. The van der Waals surface area contributed by atoms with E-state index < -0.39 is 0 Å². The topological polar surface area (TPSA) is 77.6 Å². The molecule has 0 radical (unpaired) electrons. The van der Waals surface area contributed by atoms with Crippen molar-refractivity contribution in [3.63, 3.8) is 0 Å². The summed E-state index contributed by atoms with van der Waals surface area (Å²) in [4.78, 5) is 13.3. The Morgan fingerprint density at radius 2 is 1.85 bits per heavy atom. The molecule has 0 saturated heterocycles. The van der Waals surface area contributed by atoms with Crippen LogP contribution in [0.5, 0.6) is 0 Å². The van der Waals surface area contributed by atoms with Gasteiger partial charge in [0, 0.05) is 29.5 Å². The van der Waals surface area contributed by atoms with Crippen LogP contribution in [0.2, 0.25) is 0 Å².